The highest BCUT2D eigenvalue weighted by atomic mass is 19.2. The van der Waals surface area contributed by atoms with E-state index in [0.717, 1.165) is 0 Å². The third kappa shape index (κ3) is 3.66. The van der Waals surface area contributed by atoms with Crippen molar-refractivity contribution >= 4 is 21.5 Å². The molecule has 0 unspecified atom stereocenters. The van der Waals surface area contributed by atoms with Crippen molar-refractivity contribution in [3.63, 3.8) is 0 Å². The number of halogens is 16. The van der Waals surface area contributed by atoms with Crippen LogP contribution < -0.4 is 0 Å². The zero-order valence-electron chi connectivity index (χ0n) is 19.2. The second-order valence-corrected chi connectivity index (χ2v) is 8.46. The van der Waals surface area contributed by atoms with E-state index >= 15 is 17.6 Å². The molecule has 0 N–H and O–H groups in total. The van der Waals surface area contributed by atoms with Crippen LogP contribution in [0.3, 0.4) is 0 Å². The van der Waals surface area contributed by atoms with Gasteiger partial charge in [-0.2, -0.15) is 0 Å². The standard InChI is InChI=1S/C26H2F16/c27-4-1-3(2-5(28)13(4)29)6-8-10(16(32)22(38)20(36)14(8)30)7(11-9(6)15(31)21(37)23(39)17(11)33)12-18(34)24(40)26(42)25(41)19(12)35/h1-2H. The van der Waals surface area contributed by atoms with Crippen molar-refractivity contribution in [2.24, 2.45) is 0 Å². The Kier molecular flexibility index (Phi) is 6.58. The molecular weight excluding hydrogens is 616 g/mol. The van der Waals surface area contributed by atoms with Gasteiger partial charge in [0.15, 0.2) is 87.3 Å². The lowest BCUT2D eigenvalue weighted by atomic mass is 9.84. The zero-order chi connectivity index (χ0) is 31.3. The molecule has 0 amide bonds. The van der Waals surface area contributed by atoms with Gasteiger partial charge in [-0.1, -0.05) is 0 Å². The lowest BCUT2D eigenvalue weighted by Crippen LogP contribution is -2.10. The summed E-state index contributed by atoms with van der Waals surface area (Å²) in [4.78, 5) is 0. The van der Waals surface area contributed by atoms with Gasteiger partial charge < -0.3 is 0 Å². The monoisotopic (exact) mass is 618 g/mol. The molecule has 0 fully saturated rings. The van der Waals surface area contributed by atoms with Crippen LogP contribution in [0, 0.1) is 93.1 Å². The number of hydrogen-bond acceptors (Lipinski definition) is 0. The van der Waals surface area contributed by atoms with Crippen LogP contribution in [0.25, 0.3) is 43.8 Å². The van der Waals surface area contributed by atoms with Gasteiger partial charge in [0, 0.05) is 32.7 Å². The lowest BCUT2D eigenvalue weighted by molar-refractivity contribution is 0.381. The average molecular weight is 618 g/mol. The molecule has 16 heteroatoms. The van der Waals surface area contributed by atoms with Gasteiger partial charge in [-0.15, -0.1) is 0 Å². The maximum absolute atomic E-state index is 15.3. The van der Waals surface area contributed by atoms with E-state index in [1.165, 1.54) is 0 Å². The van der Waals surface area contributed by atoms with Gasteiger partial charge in [0.05, 0.1) is 5.56 Å². The maximum Gasteiger partial charge on any atom is 0.200 e. The fraction of sp³-hybridized carbons (Fsp3) is 0. The Labute approximate surface area is 220 Å². The first-order valence-electron chi connectivity index (χ1n) is 10.7. The Morgan fingerprint density at radius 2 is 0.500 bits per heavy atom. The quantitative estimate of drug-likeness (QED) is 0.0801. The molecule has 0 saturated carbocycles. The fourth-order valence-electron chi connectivity index (χ4n) is 4.52. The normalized spacial score (nSPS) is 11.8. The van der Waals surface area contributed by atoms with Crippen LogP contribution in [-0.2, 0) is 0 Å². The van der Waals surface area contributed by atoms with Gasteiger partial charge >= 0.3 is 0 Å². The summed E-state index contributed by atoms with van der Waals surface area (Å²) in [5, 5.41) is -8.47. The van der Waals surface area contributed by atoms with Crippen LogP contribution in [0.1, 0.15) is 0 Å². The first kappa shape index (κ1) is 29.0. The molecule has 5 aromatic carbocycles. The van der Waals surface area contributed by atoms with Crippen molar-refractivity contribution in [3.05, 3.63) is 105 Å². The predicted molar refractivity (Wildman–Crippen MR) is 112 cm³/mol. The number of fused-ring (bicyclic) bond motifs is 2. The summed E-state index contributed by atoms with van der Waals surface area (Å²) in [7, 11) is 0. The zero-order valence-corrected chi connectivity index (χ0v) is 19.2. The molecule has 0 aliphatic heterocycles. The smallest absolute Gasteiger partial charge is 0.200 e. The van der Waals surface area contributed by atoms with Crippen molar-refractivity contribution in [3.8, 4) is 22.3 Å². The largest absolute Gasteiger partial charge is 0.204 e. The third-order valence-electron chi connectivity index (χ3n) is 6.27. The molecular formula is C26H2F16. The highest BCUT2D eigenvalue weighted by Crippen LogP contribution is 2.50. The molecule has 0 aromatic heterocycles. The summed E-state index contributed by atoms with van der Waals surface area (Å²) < 4.78 is 233. The van der Waals surface area contributed by atoms with Crippen LogP contribution in [0.5, 0.6) is 0 Å². The van der Waals surface area contributed by atoms with Gasteiger partial charge in [0.1, 0.15) is 0 Å². The molecule has 42 heavy (non-hydrogen) atoms. The summed E-state index contributed by atoms with van der Waals surface area (Å²) in [6.07, 6.45) is 0. The van der Waals surface area contributed by atoms with E-state index in [1.54, 1.807) is 0 Å². The molecule has 0 saturated heterocycles. The lowest BCUT2D eigenvalue weighted by Gasteiger charge is -2.21. The van der Waals surface area contributed by atoms with Gasteiger partial charge in [-0.3, -0.25) is 0 Å². The molecule has 0 heterocycles. The van der Waals surface area contributed by atoms with Crippen molar-refractivity contribution in [1.82, 2.24) is 0 Å². The summed E-state index contributed by atoms with van der Waals surface area (Å²) in [5.74, 6) is -43.8. The Morgan fingerprint density at radius 1 is 0.238 bits per heavy atom. The van der Waals surface area contributed by atoms with Gasteiger partial charge in [-0.05, 0) is 17.7 Å². The minimum atomic E-state index is -2.94. The summed E-state index contributed by atoms with van der Waals surface area (Å²) in [6.45, 7) is 0. The molecule has 0 atom stereocenters. The van der Waals surface area contributed by atoms with Crippen LogP contribution in [0.4, 0.5) is 70.2 Å². The van der Waals surface area contributed by atoms with Crippen molar-refractivity contribution in [2.45, 2.75) is 0 Å². The highest BCUT2D eigenvalue weighted by Gasteiger charge is 2.37. The molecule has 0 spiro atoms. The van der Waals surface area contributed by atoms with Crippen LogP contribution in [0.15, 0.2) is 12.1 Å². The minimum absolute atomic E-state index is 0.165. The van der Waals surface area contributed by atoms with Crippen LogP contribution in [0.2, 0.25) is 0 Å². The Morgan fingerprint density at radius 3 is 0.833 bits per heavy atom. The average Bonchev–Trinajstić information content (AvgIpc) is 2.96. The van der Waals surface area contributed by atoms with Crippen molar-refractivity contribution in [2.75, 3.05) is 0 Å². The number of hydrogen-bond donors (Lipinski definition) is 0. The third-order valence-corrected chi connectivity index (χ3v) is 6.27. The molecule has 5 rings (SSSR count). The molecule has 0 radical (unpaired) electrons. The number of benzene rings is 5. The SMILES string of the molecule is Fc1cc(-c2c3c(F)c(F)c(F)c(F)c3c(-c3c(F)c(F)c(F)c(F)c3F)c3c(F)c(F)c(F)c(F)c23)cc(F)c1F. The Bertz CT molecular complexity index is 1910. The summed E-state index contributed by atoms with van der Waals surface area (Å²) in [5.41, 5.74) is -7.96. The minimum Gasteiger partial charge on any atom is -0.204 e. The fourth-order valence-corrected chi connectivity index (χ4v) is 4.52. The first-order valence-corrected chi connectivity index (χ1v) is 10.7. The second kappa shape index (κ2) is 9.52. The molecule has 0 aliphatic carbocycles. The Balaban J connectivity index is 2.30. The van der Waals surface area contributed by atoms with E-state index in [4.69, 9.17) is 0 Å². The number of rotatable bonds is 2. The second-order valence-electron chi connectivity index (χ2n) is 8.46. The van der Waals surface area contributed by atoms with E-state index in [2.05, 4.69) is 0 Å². The van der Waals surface area contributed by atoms with Gasteiger partial charge in [-0.25, -0.2) is 70.2 Å². The molecule has 0 nitrogen and oxygen atoms in total. The van der Waals surface area contributed by atoms with Crippen molar-refractivity contribution < 1.29 is 70.2 Å². The van der Waals surface area contributed by atoms with E-state index in [0.29, 0.717) is 0 Å². The molecule has 5 aromatic rings. The van der Waals surface area contributed by atoms with Crippen molar-refractivity contribution in [1.29, 1.82) is 0 Å². The van der Waals surface area contributed by atoms with E-state index < -0.39 is 137 Å². The first-order chi connectivity index (χ1) is 19.5. The van der Waals surface area contributed by atoms with E-state index in [1.807, 2.05) is 0 Å². The maximum atomic E-state index is 15.3. The van der Waals surface area contributed by atoms with Gasteiger partial charge in [0.25, 0.3) is 0 Å². The summed E-state index contributed by atoms with van der Waals surface area (Å²) in [6, 6.07) is -0.330. The van der Waals surface area contributed by atoms with Crippen LogP contribution in [-0.4, -0.2) is 0 Å². The van der Waals surface area contributed by atoms with E-state index in [9.17, 15) is 52.7 Å². The molecule has 0 aliphatic rings. The van der Waals surface area contributed by atoms with Gasteiger partial charge in [0.2, 0.25) is 5.82 Å². The highest BCUT2D eigenvalue weighted by molar-refractivity contribution is 6.22. The van der Waals surface area contributed by atoms with E-state index in [-0.39, 0.29) is 12.1 Å². The predicted octanol–water partition coefficient (Wildman–Crippen LogP) is 9.55. The topological polar surface area (TPSA) is 0 Å². The molecule has 218 valence electrons. The molecule has 0 bridgehead atoms. The Hall–Kier alpha value is -4.50. The van der Waals surface area contributed by atoms with Crippen LogP contribution >= 0.6 is 0 Å². The summed E-state index contributed by atoms with van der Waals surface area (Å²) >= 11 is 0.